The number of halogens is 3. The molecule has 0 aliphatic heterocycles. The zero-order chi connectivity index (χ0) is 12.5. The minimum atomic E-state index is -2.92. The van der Waals surface area contributed by atoms with Gasteiger partial charge in [-0.3, -0.25) is 0 Å². The molecule has 0 saturated carbocycles. The molecule has 2 aromatic carbocycles. The molecule has 0 fully saturated rings. The first-order chi connectivity index (χ1) is 8.03. The maximum absolute atomic E-state index is 12.8. The zero-order valence-electron chi connectivity index (χ0n) is 8.61. The van der Waals surface area contributed by atoms with Crippen LogP contribution in [-0.2, 0) is 4.57 Å². The average molecular weight is 350 g/mol. The Hall–Kier alpha value is -0.270. The van der Waals surface area contributed by atoms with Crippen LogP contribution in [0.1, 0.15) is 0 Å². The lowest BCUT2D eigenvalue weighted by Gasteiger charge is -2.14. The number of hydrogen-bond acceptors (Lipinski definition) is 1. The molecular formula is C12H8BrCl2OP. The molecule has 2 aromatic rings. The lowest BCUT2D eigenvalue weighted by molar-refractivity contribution is 0.596. The monoisotopic (exact) mass is 348 g/mol. The van der Waals surface area contributed by atoms with Crippen LogP contribution in [0.5, 0.6) is 0 Å². The summed E-state index contributed by atoms with van der Waals surface area (Å²) in [7, 11) is 0. The van der Waals surface area contributed by atoms with E-state index >= 15 is 0 Å². The van der Waals surface area contributed by atoms with Crippen molar-refractivity contribution in [2.24, 2.45) is 0 Å². The topological polar surface area (TPSA) is 17.1 Å². The van der Waals surface area contributed by atoms with Gasteiger partial charge in [0.1, 0.15) is 0 Å². The van der Waals surface area contributed by atoms with Crippen LogP contribution in [0.25, 0.3) is 0 Å². The van der Waals surface area contributed by atoms with Crippen LogP contribution in [0.4, 0.5) is 0 Å². The van der Waals surface area contributed by atoms with Gasteiger partial charge in [0, 0.05) is 10.6 Å². The quantitative estimate of drug-likeness (QED) is 0.723. The zero-order valence-corrected chi connectivity index (χ0v) is 12.6. The Morgan fingerprint density at radius 3 is 1.53 bits per heavy atom. The summed E-state index contributed by atoms with van der Waals surface area (Å²) < 4.78 is 12.8. The molecule has 0 N–H and O–H groups in total. The van der Waals surface area contributed by atoms with Gasteiger partial charge in [0.25, 0.3) is 0 Å². The summed E-state index contributed by atoms with van der Waals surface area (Å²) >= 11 is 15.4. The van der Waals surface area contributed by atoms with Gasteiger partial charge in [-0.25, -0.2) is 0 Å². The maximum Gasteiger partial charge on any atom is 0.206 e. The van der Waals surface area contributed by atoms with Gasteiger partial charge >= 0.3 is 0 Å². The van der Waals surface area contributed by atoms with Crippen LogP contribution in [-0.4, -0.2) is 0 Å². The predicted octanol–water partition coefficient (Wildman–Crippen LogP) is 4.62. The molecule has 0 saturated heterocycles. The molecule has 0 aliphatic carbocycles. The Balaban J connectivity index is 2.63. The summed E-state index contributed by atoms with van der Waals surface area (Å²) in [5, 5.41) is 2.06. The van der Waals surface area contributed by atoms with Crippen molar-refractivity contribution in [2.75, 3.05) is 0 Å². The lowest BCUT2D eigenvalue weighted by Crippen LogP contribution is -2.13. The second-order valence-electron chi connectivity index (χ2n) is 3.44. The molecule has 0 heterocycles. The molecule has 1 nitrogen and oxygen atoms in total. The third-order valence-corrected chi connectivity index (χ3v) is 7.56. The average Bonchev–Trinajstić information content (AvgIpc) is 2.29. The molecule has 2 rings (SSSR count). The fraction of sp³-hybridized carbons (Fsp3) is 0. The number of benzene rings is 2. The third kappa shape index (κ3) is 2.61. The van der Waals surface area contributed by atoms with Crippen LogP contribution in [0, 0.1) is 0 Å². The fourth-order valence-corrected chi connectivity index (χ4v) is 6.47. The van der Waals surface area contributed by atoms with Gasteiger partial charge < -0.3 is 4.57 Å². The van der Waals surface area contributed by atoms with Crippen molar-refractivity contribution in [2.45, 2.75) is 0 Å². The van der Waals surface area contributed by atoms with E-state index in [1.54, 1.807) is 48.5 Å². The van der Waals surface area contributed by atoms with E-state index in [0.717, 1.165) is 0 Å². The van der Waals surface area contributed by atoms with Crippen LogP contribution in [0.15, 0.2) is 48.5 Å². The Kier molecular flexibility index (Phi) is 3.99. The first kappa shape index (κ1) is 13.2. The van der Waals surface area contributed by atoms with Crippen LogP contribution in [0.3, 0.4) is 0 Å². The van der Waals surface area contributed by atoms with E-state index in [1.165, 1.54) is 0 Å². The van der Waals surface area contributed by atoms with Crippen LogP contribution in [0.2, 0.25) is 10.0 Å². The smallest absolute Gasteiger partial charge is 0.206 e. The summed E-state index contributed by atoms with van der Waals surface area (Å²) in [4.78, 5) is 0. The molecule has 0 unspecified atom stereocenters. The largest absolute Gasteiger partial charge is 0.301 e. The highest BCUT2D eigenvalue weighted by Crippen LogP contribution is 2.54. The molecule has 0 amide bonds. The third-order valence-electron chi connectivity index (χ3n) is 2.32. The van der Waals surface area contributed by atoms with E-state index < -0.39 is 5.84 Å². The molecular weight excluding hydrogens is 342 g/mol. The minimum Gasteiger partial charge on any atom is -0.301 e. The minimum absolute atomic E-state index is 0.465. The van der Waals surface area contributed by atoms with Gasteiger partial charge in [-0.15, -0.1) is 0 Å². The summed E-state index contributed by atoms with van der Waals surface area (Å²) in [5.41, 5.74) is 0. The van der Waals surface area contributed by atoms with Gasteiger partial charge in [0.15, 0.2) is 0 Å². The van der Waals surface area contributed by atoms with Crippen molar-refractivity contribution >= 4 is 55.1 Å². The Morgan fingerprint density at radius 1 is 0.824 bits per heavy atom. The van der Waals surface area contributed by atoms with Crippen molar-refractivity contribution in [3.63, 3.8) is 0 Å². The highest BCUT2D eigenvalue weighted by atomic mass is 79.9. The van der Waals surface area contributed by atoms with Gasteiger partial charge in [-0.05, 0) is 39.8 Å². The van der Waals surface area contributed by atoms with Crippen molar-refractivity contribution in [3.05, 3.63) is 58.6 Å². The highest BCUT2D eigenvalue weighted by Gasteiger charge is 2.27. The normalized spacial score (nSPS) is 11.5. The second kappa shape index (κ2) is 5.16. The Labute approximate surface area is 118 Å². The van der Waals surface area contributed by atoms with Crippen molar-refractivity contribution < 1.29 is 4.57 Å². The number of rotatable bonds is 2. The van der Waals surface area contributed by atoms with Crippen LogP contribution >= 0.6 is 44.5 Å². The van der Waals surface area contributed by atoms with Crippen molar-refractivity contribution in [1.82, 2.24) is 0 Å². The van der Waals surface area contributed by atoms with E-state index in [4.69, 9.17) is 23.2 Å². The van der Waals surface area contributed by atoms with E-state index in [9.17, 15) is 4.57 Å². The van der Waals surface area contributed by atoms with E-state index in [0.29, 0.717) is 20.7 Å². The molecule has 0 bridgehead atoms. The molecule has 0 spiro atoms. The Morgan fingerprint density at radius 2 is 1.18 bits per heavy atom. The molecule has 5 heteroatoms. The molecule has 17 heavy (non-hydrogen) atoms. The number of hydrogen-bond donors (Lipinski definition) is 0. The summed E-state index contributed by atoms with van der Waals surface area (Å²) in [5.74, 6) is -2.92. The molecule has 0 aliphatic rings. The van der Waals surface area contributed by atoms with E-state index in [-0.39, 0.29) is 0 Å². The fourth-order valence-electron chi connectivity index (χ4n) is 1.50. The van der Waals surface area contributed by atoms with E-state index in [1.807, 2.05) is 0 Å². The Bertz CT molecular complexity index is 551. The first-order valence-corrected chi connectivity index (χ1v) is 9.31. The lowest BCUT2D eigenvalue weighted by atomic mass is 10.4. The van der Waals surface area contributed by atoms with E-state index in [2.05, 4.69) is 15.5 Å². The predicted molar refractivity (Wildman–Crippen MR) is 78.7 cm³/mol. The molecule has 88 valence electrons. The first-order valence-electron chi connectivity index (χ1n) is 4.83. The van der Waals surface area contributed by atoms with Gasteiger partial charge in [0.05, 0.1) is 10.0 Å². The van der Waals surface area contributed by atoms with Gasteiger partial charge in [-0.1, -0.05) is 47.5 Å². The van der Waals surface area contributed by atoms with Gasteiger partial charge in [-0.2, -0.15) is 0 Å². The van der Waals surface area contributed by atoms with Crippen LogP contribution < -0.4 is 10.6 Å². The molecule has 0 radical (unpaired) electrons. The maximum atomic E-state index is 12.8. The van der Waals surface area contributed by atoms with Crippen molar-refractivity contribution in [3.8, 4) is 0 Å². The van der Waals surface area contributed by atoms with Gasteiger partial charge in [0.2, 0.25) is 5.84 Å². The standard InChI is InChI=1S/C12H8BrCl2OP/c13-17(16,11-7-3-1-5-9(11)14)12-8-4-2-6-10(12)15/h1-8H. The summed E-state index contributed by atoms with van der Waals surface area (Å²) in [6.07, 6.45) is 0. The molecule has 0 atom stereocenters. The second-order valence-corrected chi connectivity index (χ2v) is 9.27. The van der Waals surface area contributed by atoms with Crippen molar-refractivity contribution in [1.29, 1.82) is 0 Å². The molecule has 0 aromatic heterocycles. The summed E-state index contributed by atoms with van der Waals surface area (Å²) in [6.45, 7) is 0. The summed E-state index contributed by atoms with van der Waals surface area (Å²) in [6, 6.07) is 14.1. The highest BCUT2D eigenvalue weighted by molar-refractivity contribution is 9.42. The SMILES string of the molecule is O=P(Br)(c1ccccc1Cl)c1ccccc1Cl.